The van der Waals surface area contributed by atoms with E-state index in [0.717, 1.165) is 25.7 Å². The van der Waals surface area contributed by atoms with Crippen LogP contribution in [0, 0.1) is 11.8 Å². The molecule has 0 aromatic carbocycles. The van der Waals surface area contributed by atoms with Gasteiger partial charge in [-0.05, 0) is 19.3 Å². The molecule has 0 bridgehead atoms. The van der Waals surface area contributed by atoms with Crippen LogP contribution in [-0.2, 0) is 9.53 Å². The predicted molar refractivity (Wildman–Crippen MR) is 89.9 cm³/mol. The Labute approximate surface area is 139 Å². The Kier molecular flexibility index (Phi) is 7.76. The first kappa shape index (κ1) is 19.7. The van der Waals surface area contributed by atoms with Gasteiger partial charge in [-0.25, -0.2) is 9.69 Å². The number of unbranched alkanes of at least 4 members (excludes halogenated alkanes) is 2. The van der Waals surface area contributed by atoms with Gasteiger partial charge in [-0.15, -0.1) is 0 Å². The lowest BCUT2D eigenvalue weighted by Crippen LogP contribution is -2.42. The summed E-state index contributed by atoms with van der Waals surface area (Å²) in [6, 6.07) is -0.219. The molecular formula is C18H31NO4. The summed E-state index contributed by atoms with van der Waals surface area (Å²) < 4.78 is 5.02. The summed E-state index contributed by atoms with van der Waals surface area (Å²) in [5.74, 6) is -0.291. The van der Waals surface area contributed by atoms with Gasteiger partial charge in [-0.3, -0.25) is 4.79 Å². The van der Waals surface area contributed by atoms with Crippen molar-refractivity contribution < 1.29 is 19.4 Å². The SMILES string of the molecule is CCCCC[C@H](O)[C@@H](C)/C=C(\C)C(=O)N1C(=O)OC[C@@H]1C(C)C. The summed E-state index contributed by atoms with van der Waals surface area (Å²) in [5, 5.41) is 10.2. The third-order valence-corrected chi connectivity index (χ3v) is 4.45. The number of hydrogen-bond donors (Lipinski definition) is 1. The molecule has 3 atom stereocenters. The van der Waals surface area contributed by atoms with Gasteiger partial charge in [0.25, 0.3) is 5.91 Å². The van der Waals surface area contributed by atoms with Crippen LogP contribution < -0.4 is 0 Å². The van der Waals surface area contributed by atoms with E-state index in [2.05, 4.69) is 6.92 Å². The highest BCUT2D eigenvalue weighted by Gasteiger charge is 2.39. The molecule has 132 valence electrons. The smallest absolute Gasteiger partial charge is 0.417 e. The Morgan fingerprint density at radius 1 is 1.39 bits per heavy atom. The van der Waals surface area contributed by atoms with Gasteiger partial charge < -0.3 is 9.84 Å². The van der Waals surface area contributed by atoms with Crippen LogP contribution in [0.3, 0.4) is 0 Å². The highest BCUT2D eigenvalue weighted by molar-refractivity contribution is 6.03. The Morgan fingerprint density at radius 2 is 2.04 bits per heavy atom. The molecule has 0 aromatic heterocycles. The fourth-order valence-corrected chi connectivity index (χ4v) is 2.79. The first-order valence-electron chi connectivity index (χ1n) is 8.66. The van der Waals surface area contributed by atoms with E-state index in [0.29, 0.717) is 5.57 Å². The van der Waals surface area contributed by atoms with Gasteiger partial charge in [-0.2, -0.15) is 0 Å². The van der Waals surface area contributed by atoms with Crippen molar-refractivity contribution in [2.45, 2.75) is 72.4 Å². The molecule has 0 unspecified atom stereocenters. The maximum absolute atomic E-state index is 12.6. The average Bonchev–Trinajstić information content (AvgIpc) is 2.88. The molecule has 23 heavy (non-hydrogen) atoms. The van der Waals surface area contributed by atoms with Crippen LogP contribution in [-0.4, -0.2) is 40.8 Å². The highest BCUT2D eigenvalue weighted by atomic mass is 16.6. The van der Waals surface area contributed by atoms with Crippen LogP contribution in [0.1, 0.15) is 60.3 Å². The zero-order valence-electron chi connectivity index (χ0n) is 15.0. The zero-order valence-corrected chi connectivity index (χ0v) is 15.0. The van der Waals surface area contributed by atoms with Crippen molar-refractivity contribution in [3.63, 3.8) is 0 Å². The number of ether oxygens (including phenoxy) is 1. The Hall–Kier alpha value is -1.36. The molecule has 0 spiro atoms. The number of rotatable bonds is 8. The Bertz CT molecular complexity index is 444. The van der Waals surface area contributed by atoms with Gasteiger partial charge >= 0.3 is 6.09 Å². The molecule has 5 heteroatoms. The van der Waals surface area contributed by atoms with Crippen molar-refractivity contribution in [3.8, 4) is 0 Å². The minimum absolute atomic E-state index is 0.119. The van der Waals surface area contributed by atoms with Crippen molar-refractivity contribution in [2.24, 2.45) is 11.8 Å². The molecule has 5 nitrogen and oxygen atoms in total. The number of amides is 2. The van der Waals surface area contributed by atoms with Gasteiger partial charge in [0.15, 0.2) is 0 Å². The van der Waals surface area contributed by atoms with E-state index in [4.69, 9.17) is 4.74 Å². The molecule has 0 radical (unpaired) electrons. The molecule has 1 rings (SSSR count). The lowest BCUT2D eigenvalue weighted by molar-refractivity contribution is -0.125. The topological polar surface area (TPSA) is 66.8 Å². The van der Waals surface area contributed by atoms with Crippen LogP contribution >= 0.6 is 0 Å². The van der Waals surface area contributed by atoms with E-state index in [1.165, 1.54) is 4.90 Å². The molecule has 1 aliphatic heterocycles. The van der Waals surface area contributed by atoms with E-state index in [9.17, 15) is 14.7 Å². The summed E-state index contributed by atoms with van der Waals surface area (Å²) in [5.41, 5.74) is 0.483. The molecule has 0 saturated carbocycles. The van der Waals surface area contributed by atoms with Gasteiger partial charge in [-0.1, -0.05) is 53.0 Å². The van der Waals surface area contributed by atoms with Crippen LogP contribution in [0.15, 0.2) is 11.6 Å². The standard InChI is InChI=1S/C18H31NO4/c1-6-7-8-9-16(20)13(4)10-14(5)17(21)19-15(12(2)3)11-23-18(19)22/h10,12-13,15-16,20H,6-9,11H2,1-5H3/b14-10+/t13-,15+,16-/m0/s1. The van der Waals surface area contributed by atoms with Gasteiger partial charge in [0.05, 0.1) is 12.1 Å². The fourth-order valence-electron chi connectivity index (χ4n) is 2.79. The summed E-state index contributed by atoms with van der Waals surface area (Å²) >= 11 is 0. The highest BCUT2D eigenvalue weighted by Crippen LogP contribution is 2.23. The number of cyclic esters (lactones) is 1. The molecule has 2 amide bonds. The summed E-state index contributed by atoms with van der Waals surface area (Å²) in [7, 11) is 0. The minimum atomic E-state index is -0.572. The monoisotopic (exact) mass is 325 g/mol. The normalized spacial score (nSPS) is 21.5. The van der Waals surface area contributed by atoms with Crippen molar-refractivity contribution in [2.75, 3.05) is 6.61 Å². The van der Waals surface area contributed by atoms with Crippen LogP contribution in [0.5, 0.6) is 0 Å². The molecule has 0 aliphatic carbocycles. The lowest BCUT2D eigenvalue weighted by atomic mass is 9.96. The second-order valence-electron chi connectivity index (χ2n) is 6.84. The molecule has 1 heterocycles. The molecule has 1 saturated heterocycles. The van der Waals surface area contributed by atoms with E-state index < -0.39 is 12.2 Å². The van der Waals surface area contributed by atoms with Crippen molar-refractivity contribution in [3.05, 3.63) is 11.6 Å². The van der Waals surface area contributed by atoms with Crippen molar-refractivity contribution in [1.29, 1.82) is 0 Å². The molecular weight excluding hydrogens is 294 g/mol. The Balaban J connectivity index is 2.72. The molecule has 1 aliphatic rings. The van der Waals surface area contributed by atoms with E-state index in [1.807, 2.05) is 20.8 Å². The summed E-state index contributed by atoms with van der Waals surface area (Å²) in [4.78, 5) is 25.6. The first-order chi connectivity index (χ1) is 10.8. The van der Waals surface area contributed by atoms with Gasteiger partial charge in [0.2, 0.25) is 0 Å². The van der Waals surface area contributed by atoms with E-state index in [-0.39, 0.29) is 30.4 Å². The molecule has 0 aromatic rings. The third kappa shape index (κ3) is 5.34. The van der Waals surface area contributed by atoms with Crippen molar-refractivity contribution >= 4 is 12.0 Å². The summed E-state index contributed by atoms with van der Waals surface area (Å²) in [6.45, 7) is 9.90. The van der Waals surface area contributed by atoms with Crippen LogP contribution in [0.2, 0.25) is 0 Å². The fraction of sp³-hybridized carbons (Fsp3) is 0.778. The zero-order chi connectivity index (χ0) is 17.6. The van der Waals surface area contributed by atoms with E-state index in [1.54, 1.807) is 13.0 Å². The van der Waals surface area contributed by atoms with Crippen LogP contribution in [0.25, 0.3) is 0 Å². The van der Waals surface area contributed by atoms with Crippen molar-refractivity contribution in [1.82, 2.24) is 4.90 Å². The average molecular weight is 325 g/mol. The van der Waals surface area contributed by atoms with Gasteiger partial charge in [0.1, 0.15) is 6.61 Å². The number of carbonyl (C=O) groups excluding carboxylic acids is 2. The predicted octanol–water partition coefficient (Wildman–Crippen LogP) is 3.51. The number of aliphatic hydroxyl groups is 1. The Morgan fingerprint density at radius 3 is 2.61 bits per heavy atom. The second-order valence-corrected chi connectivity index (χ2v) is 6.84. The maximum atomic E-state index is 12.6. The first-order valence-corrected chi connectivity index (χ1v) is 8.66. The largest absolute Gasteiger partial charge is 0.447 e. The second kappa shape index (κ2) is 9.06. The number of nitrogens with zero attached hydrogens (tertiary/aromatic N) is 1. The number of imide groups is 1. The van der Waals surface area contributed by atoms with Gasteiger partial charge in [0, 0.05) is 11.5 Å². The van der Waals surface area contributed by atoms with E-state index >= 15 is 0 Å². The number of aliphatic hydroxyl groups excluding tert-OH is 1. The molecule has 1 fully saturated rings. The lowest BCUT2D eigenvalue weighted by Gasteiger charge is -2.23. The quantitative estimate of drug-likeness (QED) is 0.548. The maximum Gasteiger partial charge on any atom is 0.417 e. The third-order valence-electron chi connectivity index (χ3n) is 4.45. The number of carbonyl (C=O) groups is 2. The summed E-state index contributed by atoms with van der Waals surface area (Å²) in [6.07, 6.45) is 4.66. The minimum Gasteiger partial charge on any atom is -0.447 e. The molecule has 1 N–H and O–H groups in total. The van der Waals surface area contributed by atoms with Crippen LogP contribution in [0.4, 0.5) is 4.79 Å². The number of hydrogen-bond acceptors (Lipinski definition) is 4.